The third-order valence-electron chi connectivity index (χ3n) is 4.49. The van der Waals surface area contributed by atoms with Crippen molar-refractivity contribution in [3.8, 4) is 11.1 Å². The Kier molecular flexibility index (Phi) is 4.30. The fourth-order valence-electron chi connectivity index (χ4n) is 3.21. The molecule has 1 atom stereocenters. The van der Waals surface area contributed by atoms with Gasteiger partial charge < -0.3 is 4.98 Å². The van der Waals surface area contributed by atoms with Crippen LogP contribution in [0.1, 0.15) is 18.5 Å². The zero-order valence-corrected chi connectivity index (χ0v) is 14.9. The van der Waals surface area contributed by atoms with Gasteiger partial charge in [0.1, 0.15) is 5.82 Å². The van der Waals surface area contributed by atoms with Crippen molar-refractivity contribution < 1.29 is 4.39 Å². The molecule has 6 heteroatoms. The van der Waals surface area contributed by atoms with Gasteiger partial charge in [-0.3, -0.25) is 5.14 Å². The molecular formula is C18H18FN3S2. The van der Waals surface area contributed by atoms with Crippen molar-refractivity contribution in [2.24, 2.45) is 5.14 Å². The van der Waals surface area contributed by atoms with Crippen molar-refractivity contribution >= 4 is 34.8 Å². The minimum Gasteiger partial charge on any atom is -0.360 e. The zero-order valence-electron chi connectivity index (χ0n) is 13.3. The topological polar surface area (TPSA) is 45.0 Å². The predicted molar refractivity (Wildman–Crippen MR) is 101 cm³/mol. The number of halogens is 1. The Hall–Kier alpha value is -1.47. The van der Waals surface area contributed by atoms with Gasteiger partial charge in [-0.25, -0.2) is 8.70 Å². The summed E-state index contributed by atoms with van der Waals surface area (Å²) in [6.45, 7) is 3.19. The molecule has 0 radical (unpaired) electrons. The van der Waals surface area contributed by atoms with E-state index in [4.69, 9.17) is 5.14 Å². The number of nitrogens with zero attached hydrogens (tertiary/aromatic N) is 1. The molecule has 124 valence electrons. The van der Waals surface area contributed by atoms with Gasteiger partial charge in [0.05, 0.1) is 0 Å². The van der Waals surface area contributed by atoms with E-state index < -0.39 is 0 Å². The maximum Gasteiger partial charge on any atom is 0.125 e. The number of H-pyrrole nitrogens is 1. The van der Waals surface area contributed by atoms with Crippen LogP contribution in [0.25, 0.3) is 22.0 Å². The van der Waals surface area contributed by atoms with E-state index in [1.54, 1.807) is 11.9 Å². The SMILES string of the molecule is CC1c2cc(-c3c[nH]c4cc(F)ccc34)ccc2SN1CCSN. The molecule has 3 aromatic rings. The summed E-state index contributed by atoms with van der Waals surface area (Å²) in [7, 11) is 0. The molecule has 0 spiro atoms. The van der Waals surface area contributed by atoms with Gasteiger partial charge in [-0.2, -0.15) is 0 Å². The van der Waals surface area contributed by atoms with E-state index in [2.05, 4.69) is 34.4 Å². The van der Waals surface area contributed by atoms with E-state index in [0.717, 1.165) is 34.3 Å². The molecule has 1 unspecified atom stereocenters. The minimum atomic E-state index is -0.219. The van der Waals surface area contributed by atoms with Gasteiger partial charge in [-0.1, -0.05) is 18.0 Å². The van der Waals surface area contributed by atoms with Crippen LogP contribution < -0.4 is 5.14 Å². The van der Waals surface area contributed by atoms with Crippen LogP contribution in [0.5, 0.6) is 0 Å². The third-order valence-corrected chi connectivity index (χ3v) is 6.21. The van der Waals surface area contributed by atoms with Gasteiger partial charge in [0.25, 0.3) is 0 Å². The van der Waals surface area contributed by atoms with Crippen LogP contribution in [0, 0.1) is 5.82 Å². The Labute approximate surface area is 149 Å². The monoisotopic (exact) mass is 359 g/mol. The Bertz CT molecular complexity index is 893. The zero-order chi connectivity index (χ0) is 16.7. The van der Waals surface area contributed by atoms with Crippen molar-refractivity contribution in [1.82, 2.24) is 9.29 Å². The van der Waals surface area contributed by atoms with Gasteiger partial charge in [0.15, 0.2) is 0 Å². The van der Waals surface area contributed by atoms with E-state index in [1.165, 1.54) is 34.5 Å². The standard InChI is InChI=1S/C18H18FN3S2/c1-11-15-8-12(2-5-18(15)24-22(11)6-7-23-20)16-10-21-17-9-13(19)3-4-14(16)17/h2-5,8-11,21H,6-7,20H2,1H3. The number of nitrogens with two attached hydrogens (primary N) is 1. The van der Waals surface area contributed by atoms with E-state index >= 15 is 0 Å². The molecular weight excluding hydrogens is 341 g/mol. The first-order valence-electron chi connectivity index (χ1n) is 7.84. The molecule has 24 heavy (non-hydrogen) atoms. The molecule has 0 aliphatic carbocycles. The van der Waals surface area contributed by atoms with Crippen molar-refractivity contribution in [2.45, 2.75) is 17.9 Å². The molecule has 3 nitrogen and oxygen atoms in total. The highest BCUT2D eigenvalue weighted by atomic mass is 32.2. The molecule has 0 fully saturated rings. The van der Waals surface area contributed by atoms with Crippen LogP contribution in [-0.2, 0) is 0 Å². The highest BCUT2D eigenvalue weighted by Gasteiger charge is 2.27. The van der Waals surface area contributed by atoms with E-state index in [0.29, 0.717) is 6.04 Å². The summed E-state index contributed by atoms with van der Waals surface area (Å²) in [4.78, 5) is 4.48. The number of hydrogen-bond donors (Lipinski definition) is 2. The maximum atomic E-state index is 13.4. The number of aromatic amines is 1. The number of aromatic nitrogens is 1. The predicted octanol–water partition coefficient (Wildman–Crippen LogP) is 4.96. The number of fused-ring (bicyclic) bond motifs is 2. The van der Waals surface area contributed by atoms with Crippen LogP contribution >= 0.6 is 23.9 Å². The van der Waals surface area contributed by atoms with Crippen molar-refractivity contribution in [3.63, 3.8) is 0 Å². The second-order valence-corrected chi connectivity index (χ2v) is 7.76. The van der Waals surface area contributed by atoms with Gasteiger partial charge in [-0.05, 0) is 60.3 Å². The molecule has 3 N–H and O–H groups in total. The van der Waals surface area contributed by atoms with E-state index in [9.17, 15) is 4.39 Å². The summed E-state index contributed by atoms with van der Waals surface area (Å²) in [5, 5.41) is 6.61. The summed E-state index contributed by atoms with van der Waals surface area (Å²) in [6, 6.07) is 11.8. The summed E-state index contributed by atoms with van der Waals surface area (Å²) in [5.41, 5.74) is 4.44. The van der Waals surface area contributed by atoms with Crippen LogP contribution in [0.3, 0.4) is 0 Å². The highest BCUT2D eigenvalue weighted by Crippen LogP contribution is 2.45. The molecule has 0 bridgehead atoms. The van der Waals surface area contributed by atoms with E-state index in [1.807, 2.05) is 12.3 Å². The molecule has 1 aromatic heterocycles. The quantitative estimate of drug-likeness (QED) is 0.646. The van der Waals surface area contributed by atoms with Crippen LogP contribution in [-0.4, -0.2) is 21.6 Å². The number of nitrogens with one attached hydrogen (secondary N) is 1. The average molecular weight is 359 g/mol. The summed E-state index contributed by atoms with van der Waals surface area (Å²) < 4.78 is 15.8. The van der Waals surface area contributed by atoms with Gasteiger partial charge in [0.2, 0.25) is 0 Å². The largest absolute Gasteiger partial charge is 0.360 e. The van der Waals surface area contributed by atoms with Crippen molar-refractivity contribution in [2.75, 3.05) is 12.3 Å². The number of benzene rings is 2. The molecule has 0 saturated carbocycles. The van der Waals surface area contributed by atoms with Crippen LogP contribution in [0.15, 0.2) is 47.5 Å². The van der Waals surface area contributed by atoms with Gasteiger partial charge in [0, 0.05) is 45.9 Å². The van der Waals surface area contributed by atoms with Crippen molar-refractivity contribution in [1.29, 1.82) is 0 Å². The van der Waals surface area contributed by atoms with E-state index in [-0.39, 0.29) is 5.82 Å². The normalized spacial score (nSPS) is 17.5. The third kappa shape index (κ3) is 2.73. The summed E-state index contributed by atoms with van der Waals surface area (Å²) >= 11 is 3.19. The lowest BCUT2D eigenvalue weighted by molar-refractivity contribution is 0.417. The van der Waals surface area contributed by atoms with Gasteiger partial charge >= 0.3 is 0 Å². The highest BCUT2D eigenvalue weighted by molar-refractivity contribution is 7.98. The van der Waals surface area contributed by atoms with Crippen LogP contribution in [0.4, 0.5) is 4.39 Å². The maximum absolute atomic E-state index is 13.4. The van der Waals surface area contributed by atoms with Gasteiger partial charge in [-0.15, -0.1) is 0 Å². The summed E-state index contributed by atoms with van der Waals surface area (Å²) in [5.74, 6) is 0.704. The first kappa shape index (κ1) is 16.0. The molecule has 2 aromatic carbocycles. The Morgan fingerprint density at radius 3 is 3.00 bits per heavy atom. The Balaban J connectivity index is 1.70. The lowest BCUT2D eigenvalue weighted by Gasteiger charge is -2.18. The second-order valence-electron chi connectivity index (χ2n) is 5.92. The lowest BCUT2D eigenvalue weighted by Crippen LogP contribution is -2.18. The smallest absolute Gasteiger partial charge is 0.125 e. The number of rotatable bonds is 4. The first-order chi connectivity index (χ1) is 11.7. The lowest BCUT2D eigenvalue weighted by atomic mass is 9.99. The molecule has 4 rings (SSSR count). The molecule has 2 heterocycles. The summed E-state index contributed by atoms with van der Waals surface area (Å²) in [6.07, 6.45) is 1.96. The Morgan fingerprint density at radius 2 is 2.17 bits per heavy atom. The van der Waals surface area contributed by atoms with Crippen molar-refractivity contribution in [3.05, 3.63) is 54.0 Å². The average Bonchev–Trinajstić information content (AvgIpc) is 3.14. The first-order valence-corrected chi connectivity index (χ1v) is 9.67. The molecule has 1 aliphatic heterocycles. The minimum absolute atomic E-state index is 0.219. The second kappa shape index (κ2) is 6.44. The molecule has 1 aliphatic rings. The molecule has 0 saturated heterocycles. The van der Waals surface area contributed by atoms with Crippen LogP contribution in [0.2, 0.25) is 0 Å². The fourth-order valence-corrected chi connectivity index (χ4v) is 4.79. The molecule has 0 amide bonds. The Morgan fingerprint density at radius 1 is 1.29 bits per heavy atom. The fraction of sp³-hybridized carbons (Fsp3) is 0.222. The number of hydrogen-bond acceptors (Lipinski definition) is 4.